The Labute approximate surface area is 161 Å². The number of hydrogen-bond acceptors (Lipinski definition) is 5. The van der Waals surface area contributed by atoms with Crippen molar-refractivity contribution >= 4 is 52.2 Å². The molecule has 0 spiro atoms. The summed E-state index contributed by atoms with van der Waals surface area (Å²) in [4.78, 5) is 24.9. The van der Waals surface area contributed by atoms with Gasteiger partial charge in [0.25, 0.3) is 5.91 Å². The highest BCUT2D eigenvalue weighted by molar-refractivity contribution is 7.80. The zero-order valence-electron chi connectivity index (χ0n) is 14.2. The fourth-order valence-electron chi connectivity index (χ4n) is 1.97. The number of carbonyl (C=O) groups is 2. The molecule has 2 rings (SSSR count). The van der Waals surface area contributed by atoms with Gasteiger partial charge in [-0.3, -0.25) is 14.9 Å². The molecule has 3 N–H and O–H groups in total. The molecule has 136 valence electrons. The van der Waals surface area contributed by atoms with Crippen molar-refractivity contribution in [1.82, 2.24) is 10.6 Å². The van der Waals surface area contributed by atoms with Gasteiger partial charge in [0, 0.05) is 35.9 Å². The molecule has 0 aliphatic carbocycles. The first-order valence-electron chi connectivity index (χ1n) is 7.79. The summed E-state index contributed by atoms with van der Waals surface area (Å²) in [6, 6.07) is 10.7. The molecule has 0 saturated heterocycles. The van der Waals surface area contributed by atoms with Gasteiger partial charge in [-0.1, -0.05) is 12.1 Å². The molecule has 1 aromatic carbocycles. The minimum atomic E-state index is -0.329. The van der Waals surface area contributed by atoms with E-state index in [2.05, 4.69) is 16.0 Å². The van der Waals surface area contributed by atoms with Crippen LogP contribution in [0.4, 0.5) is 5.69 Å². The maximum absolute atomic E-state index is 12.0. The van der Waals surface area contributed by atoms with Crippen molar-refractivity contribution in [3.63, 3.8) is 0 Å². The van der Waals surface area contributed by atoms with Crippen LogP contribution in [0.5, 0.6) is 0 Å². The maximum Gasteiger partial charge on any atom is 0.251 e. The zero-order valence-corrected chi connectivity index (χ0v) is 15.8. The Hall–Kier alpha value is -2.55. The Morgan fingerprint density at radius 2 is 2.12 bits per heavy atom. The summed E-state index contributed by atoms with van der Waals surface area (Å²) in [5.74, 6) is -0.538. The van der Waals surface area contributed by atoms with E-state index in [-0.39, 0.29) is 16.9 Å². The van der Waals surface area contributed by atoms with Crippen molar-refractivity contribution in [3.8, 4) is 0 Å². The molecule has 2 amide bonds. The van der Waals surface area contributed by atoms with Crippen molar-refractivity contribution in [2.45, 2.75) is 0 Å². The largest absolute Gasteiger partial charge is 0.383 e. The summed E-state index contributed by atoms with van der Waals surface area (Å²) in [6.45, 7) is 0.872. The van der Waals surface area contributed by atoms with Gasteiger partial charge in [-0.2, -0.15) is 0 Å². The molecule has 0 unspecified atom stereocenters. The molecule has 1 heterocycles. The number of ether oxygens (including phenoxy) is 1. The second kappa shape index (κ2) is 10.4. The van der Waals surface area contributed by atoms with E-state index in [9.17, 15) is 9.59 Å². The summed E-state index contributed by atoms with van der Waals surface area (Å²) >= 11 is 6.67. The number of benzene rings is 1. The van der Waals surface area contributed by atoms with Gasteiger partial charge in [0.2, 0.25) is 5.91 Å². The molecule has 0 atom stereocenters. The SMILES string of the molecule is COCCNC(=O)c1cccc(NC(=S)NC(=O)/C=C/c2cccs2)c1. The van der Waals surface area contributed by atoms with Crippen LogP contribution in [0.3, 0.4) is 0 Å². The lowest BCUT2D eigenvalue weighted by molar-refractivity contribution is -0.115. The van der Waals surface area contributed by atoms with E-state index < -0.39 is 0 Å². The molecular weight excluding hydrogens is 370 g/mol. The number of amides is 2. The van der Waals surface area contributed by atoms with E-state index in [0.29, 0.717) is 24.4 Å². The number of rotatable bonds is 7. The molecule has 0 aliphatic heterocycles. The van der Waals surface area contributed by atoms with Crippen LogP contribution >= 0.6 is 23.6 Å². The molecule has 6 nitrogen and oxygen atoms in total. The smallest absolute Gasteiger partial charge is 0.251 e. The second-order valence-electron chi connectivity index (χ2n) is 5.12. The van der Waals surface area contributed by atoms with Crippen LogP contribution in [0.25, 0.3) is 6.08 Å². The lowest BCUT2D eigenvalue weighted by Crippen LogP contribution is -2.33. The average molecular weight is 390 g/mol. The van der Waals surface area contributed by atoms with E-state index >= 15 is 0 Å². The minimum absolute atomic E-state index is 0.155. The molecule has 2 aromatic rings. The molecule has 0 fully saturated rings. The molecule has 1 aromatic heterocycles. The van der Waals surface area contributed by atoms with Crippen LogP contribution in [0, 0.1) is 0 Å². The quantitative estimate of drug-likeness (QED) is 0.385. The summed E-state index contributed by atoms with van der Waals surface area (Å²) in [6.07, 6.45) is 3.13. The van der Waals surface area contributed by atoms with Crippen molar-refractivity contribution in [2.24, 2.45) is 0 Å². The van der Waals surface area contributed by atoms with Gasteiger partial charge >= 0.3 is 0 Å². The number of anilines is 1. The second-order valence-corrected chi connectivity index (χ2v) is 6.51. The monoisotopic (exact) mass is 389 g/mol. The number of thiophene rings is 1. The molecule has 8 heteroatoms. The van der Waals surface area contributed by atoms with Gasteiger partial charge in [-0.15, -0.1) is 11.3 Å². The van der Waals surface area contributed by atoms with Crippen molar-refractivity contribution in [1.29, 1.82) is 0 Å². The number of methoxy groups -OCH3 is 1. The van der Waals surface area contributed by atoms with Crippen LogP contribution in [-0.4, -0.2) is 37.2 Å². The van der Waals surface area contributed by atoms with Crippen LogP contribution in [-0.2, 0) is 9.53 Å². The third-order valence-electron chi connectivity index (χ3n) is 3.15. The van der Waals surface area contributed by atoms with Crippen LogP contribution in [0.1, 0.15) is 15.2 Å². The van der Waals surface area contributed by atoms with Gasteiger partial charge in [0.1, 0.15) is 0 Å². The van der Waals surface area contributed by atoms with Crippen molar-refractivity contribution in [3.05, 3.63) is 58.3 Å². The zero-order chi connectivity index (χ0) is 18.8. The number of hydrogen-bond donors (Lipinski definition) is 3. The first-order valence-corrected chi connectivity index (χ1v) is 9.08. The van der Waals surface area contributed by atoms with E-state index in [0.717, 1.165) is 4.88 Å². The fourth-order valence-corrected chi connectivity index (χ4v) is 2.80. The summed E-state index contributed by atoms with van der Waals surface area (Å²) in [5.41, 5.74) is 1.09. The maximum atomic E-state index is 12.0. The van der Waals surface area contributed by atoms with Gasteiger partial charge in [-0.05, 0) is 47.9 Å². The number of thiocarbonyl (C=S) groups is 1. The van der Waals surface area contributed by atoms with E-state index in [1.807, 2.05) is 17.5 Å². The third kappa shape index (κ3) is 6.75. The van der Waals surface area contributed by atoms with Crippen molar-refractivity contribution in [2.75, 3.05) is 25.6 Å². The van der Waals surface area contributed by atoms with Gasteiger partial charge < -0.3 is 15.4 Å². The van der Waals surface area contributed by atoms with Crippen LogP contribution in [0.2, 0.25) is 0 Å². The summed E-state index contributed by atoms with van der Waals surface area (Å²) < 4.78 is 4.90. The predicted octanol–water partition coefficient (Wildman–Crippen LogP) is 2.65. The average Bonchev–Trinajstić information content (AvgIpc) is 3.14. The first kappa shape index (κ1) is 19.8. The van der Waals surface area contributed by atoms with E-state index in [4.69, 9.17) is 17.0 Å². The molecule has 0 saturated carbocycles. The van der Waals surface area contributed by atoms with Crippen molar-refractivity contribution < 1.29 is 14.3 Å². The Morgan fingerprint density at radius 1 is 1.27 bits per heavy atom. The predicted molar refractivity (Wildman–Crippen MR) is 108 cm³/mol. The highest BCUT2D eigenvalue weighted by Crippen LogP contribution is 2.11. The minimum Gasteiger partial charge on any atom is -0.383 e. The van der Waals surface area contributed by atoms with Gasteiger partial charge in [0.05, 0.1) is 6.61 Å². The Balaban J connectivity index is 1.87. The fraction of sp³-hybridized carbons (Fsp3) is 0.167. The highest BCUT2D eigenvalue weighted by Gasteiger charge is 2.07. The van der Waals surface area contributed by atoms with Crippen LogP contribution < -0.4 is 16.0 Å². The third-order valence-corrected chi connectivity index (χ3v) is 4.19. The summed E-state index contributed by atoms with van der Waals surface area (Å²) in [5, 5.41) is 10.3. The highest BCUT2D eigenvalue weighted by atomic mass is 32.1. The molecule has 0 aliphatic rings. The Kier molecular flexibility index (Phi) is 7.94. The number of nitrogens with one attached hydrogen (secondary N) is 3. The van der Waals surface area contributed by atoms with Crippen LogP contribution in [0.15, 0.2) is 47.9 Å². The molecule has 0 bridgehead atoms. The molecule has 0 radical (unpaired) electrons. The lowest BCUT2D eigenvalue weighted by Gasteiger charge is -2.10. The summed E-state index contributed by atoms with van der Waals surface area (Å²) in [7, 11) is 1.57. The Bertz CT molecular complexity index is 789. The molecule has 26 heavy (non-hydrogen) atoms. The van der Waals surface area contributed by atoms with E-state index in [1.165, 1.54) is 17.4 Å². The number of carbonyl (C=O) groups excluding carboxylic acids is 2. The Morgan fingerprint density at radius 3 is 2.85 bits per heavy atom. The topological polar surface area (TPSA) is 79.5 Å². The standard InChI is InChI=1S/C18H19N3O3S2/c1-24-10-9-19-17(23)13-4-2-5-14(12-13)20-18(25)21-16(22)8-7-15-6-3-11-26-15/h2-8,11-12H,9-10H2,1H3,(H,19,23)(H2,20,21,22,25)/b8-7+. The first-order chi connectivity index (χ1) is 12.6. The van der Waals surface area contributed by atoms with Gasteiger partial charge in [-0.25, -0.2) is 0 Å². The lowest BCUT2D eigenvalue weighted by atomic mass is 10.2. The van der Waals surface area contributed by atoms with E-state index in [1.54, 1.807) is 37.5 Å². The molecular formula is C18H19N3O3S2. The van der Waals surface area contributed by atoms with Gasteiger partial charge in [0.15, 0.2) is 5.11 Å². The normalized spacial score (nSPS) is 10.5.